The van der Waals surface area contributed by atoms with Crippen molar-refractivity contribution < 1.29 is 23.9 Å². The normalized spacial score (nSPS) is 10.1. The number of amides is 2. The third-order valence-electron chi connectivity index (χ3n) is 4.27. The maximum Gasteiger partial charge on any atom is 0.308 e. The van der Waals surface area contributed by atoms with Crippen LogP contribution in [0.2, 0.25) is 0 Å². The highest BCUT2D eigenvalue weighted by Gasteiger charge is 2.12. The summed E-state index contributed by atoms with van der Waals surface area (Å²) in [5.41, 5.74) is 2.39. The van der Waals surface area contributed by atoms with E-state index in [-0.39, 0.29) is 25.5 Å². The molecule has 0 fully saturated rings. The van der Waals surface area contributed by atoms with Crippen LogP contribution < -0.4 is 20.3 Å². The van der Waals surface area contributed by atoms with Crippen LogP contribution in [0.25, 0.3) is 0 Å². The van der Waals surface area contributed by atoms with E-state index in [1.165, 1.54) is 7.11 Å². The van der Waals surface area contributed by atoms with Crippen LogP contribution in [-0.2, 0) is 20.9 Å². The Morgan fingerprint density at radius 3 is 2.33 bits per heavy atom. The molecule has 160 valence electrons. The summed E-state index contributed by atoms with van der Waals surface area (Å²) in [6.45, 7) is 0.0731. The van der Waals surface area contributed by atoms with Crippen LogP contribution in [0.1, 0.15) is 22.3 Å². The smallest absolute Gasteiger partial charge is 0.308 e. The first-order valence-electron chi connectivity index (χ1n) is 9.50. The lowest BCUT2D eigenvalue weighted by Gasteiger charge is -2.13. The number of hydrogen-bond acceptors (Lipinski definition) is 6. The predicted octanol–water partition coefficient (Wildman–Crippen LogP) is 1.74. The minimum atomic E-state index is -0.569. The van der Waals surface area contributed by atoms with E-state index < -0.39 is 11.9 Å². The molecule has 2 aromatic rings. The van der Waals surface area contributed by atoms with Crippen LogP contribution in [0, 0.1) is 0 Å². The molecule has 0 heterocycles. The van der Waals surface area contributed by atoms with Crippen LogP contribution in [-0.4, -0.2) is 52.1 Å². The highest BCUT2D eigenvalue weighted by atomic mass is 16.5. The molecule has 0 saturated carbocycles. The first kappa shape index (κ1) is 22.7. The summed E-state index contributed by atoms with van der Waals surface area (Å²) >= 11 is 0. The molecule has 0 unspecified atom stereocenters. The number of methoxy groups -OCH3 is 1. The van der Waals surface area contributed by atoms with E-state index in [0.29, 0.717) is 17.9 Å². The third kappa shape index (κ3) is 7.12. The Labute approximate surface area is 176 Å². The Morgan fingerprint density at radius 2 is 1.67 bits per heavy atom. The Kier molecular flexibility index (Phi) is 8.68. The van der Waals surface area contributed by atoms with Gasteiger partial charge in [0.05, 0.1) is 19.1 Å². The fourth-order valence-corrected chi connectivity index (χ4v) is 2.59. The predicted molar refractivity (Wildman–Crippen MR) is 114 cm³/mol. The van der Waals surface area contributed by atoms with Gasteiger partial charge in [0.1, 0.15) is 5.75 Å². The van der Waals surface area contributed by atoms with Gasteiger partial charge in [0.25, 0.3) is 11.8 Å². The summed E-state index contributed by atoms with van der Waals surface area (Å²) in [7, 11) is 5.39. The van der Waals surface area contributed by atoms with Crippen molar-refractivity contribution in [3.63, 3.8) is 0 Å². The van der Waals surface area contributed by atoms with Crippen molar-refractivity contribution >= 4 is 23.5 Å². The number of hydrogen-bond donors (Lipinski definition) is 2. The van der Waals surface area contributed by atoms with Crippen molar-refractivity contribution in [2.75, 3.05) is 39.3 Å². The van der Waals surface area contributed by atoms with E-state index in [4.69, 9.17) is 9.47 Å². The molecule has 2 aromatic carbocycles. The molecule has 0 spiro atoms. The van der Waals surface area contributed by atoms with E-state index >= 15 is 0 Å². The second-order valence-electron chi connectivity index (χ2n) is 6.70. The number of ether oxygens (including phenoxy) is 2. The quantitative estimate of drug-likeness (QED) is 0.576. The van der Waals surface area contributed by atoms with Crippen molar-refractivity contribution in [3.8, 4) is 5.75 Å². The minimum absolute atomic E-state index is 0.0415. The van der Waals surface area contributed by atoms with E-state index in [1.807, 2.05) is 43.3 Å². The number of anilines is 1. The Balaban J connectivity index is 1.65. The zero-order valence-electron chi connectivity index (χ0n) is 17.4. The molecule has 30 heavy (non-hydrogen) atoms. The first-order valence-corrected chi connectivity index (χ1v) is 9.50. The van der Waals surface area contributed by atoms with Crippen molar-refractivity contribution in [2.24, 2.45) is 0 Å². The fourth-order valence-electron chi connectivity index (χ4n) is 2.59. The molecule has 0 aliphatic heterocycles. The van der Waals surface area contributed by atoms with Crippen LogP contribution >= 0.6 is 0 Å². The lowest BCUT2D eigenvalue weighted by Crippen LogP contribution is -2.30. The SMILES string of the molecule is COc1ccccc1C(=O)NCCC(=O)OCC(=O)NCc1ccc(N(C)C)cc1. The second kappa shape index (κ2) is 11.5. The van der Waals surface area contributed by atoms with Gasteiger partial charge in [-0.25, -0.2) is 0 Å². The van der Waals surface area contributed by atoms with Crippen LogP contribution in [0.5, 0.6) is 5.75 Å². The van der Waals surface area contributed by atoms with Gasteiger partial charge in [-0.3, -0.25) is 14.4 Å². The zero-order valence-corrected chi connectivity index (χ0v) is 17.4. The summed E-state index contributed by atoms with van der Waals surface area (Å²) in [5.74, 6) is -0.859. The molecule has 0 aliphatic rings. The highest BCUT2D eigenvalue weighted by molar-refractivity contribution is 5.97. The number of carbonyl (C=O) groups is 3. The lowest BCUT2D eigenvalue weighted by atomic mass is 10.2. The van der Waals surface area contributed by atoms with Crippen LogP contribution in [0.15, 0.2) is 48.5 Å². The van der Waals surface area contributed by atoms with Gasteiger partial charge in [-0.1, -0.05) is 24.3 Å². The molecule has 0 radical (unpaired) electrons. The summed E-state index contributed by atoms with van der Waals surface area (Å²) in [4.78, 5) is 37.8. The van der Waals surface area contributed by atoms with Gasteiger partial charge in [-0.05, 0) is 29.8 Å². The Hall–Kier alpha value is -3.55. The van der Waals surface area contributed by atoms with E-state index in [2.05, 4.69) is 10.6 Å². The number of carbonyl (C=O) groups excluding carboxylic acids is 3. The summed E-state index contributed by atoms with van der Waals surface area (Å²) in [6, 6.07) is 14.6. The van der Waals surface area contributed by atoms with Crippen molar-refractivity contribution in [1.29, 1.82) is 0 Å². The summed E-state index contributed by atoms with van der Waals surface area (Å²) in [6.07, 6.45) is -0.0415. The molecular formula is C22H27N3O5. The molecule has 0 aliphatic carbocycles. The van der Waals surface area contributed by atoms with Gasteiger partial charge >= 0.3 is 5.97 Å². The molecule has 0 saturated heterocycles. The number of benzene rings is 2. The molecule has 8 nitrogen and oxygen atoms in total. The molecule has 0 bridgehead atoms. The topological polar surface area (TPSA) is 97.0 Å². The van der Waals surface area contributed by atoms with Gasteiger partial charge in [0, 0.05) is 32.9 Å². The average Bonchev–Trinajstić information content (AvgIpc) is 2.76. The number of esters is 1. The van der Waals surface area contributed by atoms with Crippen molar-refractivity contribution in [1.82, 2.24) is 10.6 Å². The van der Waals surface area contributed by atoms with E-state index in [1.54, 1.807) is 24.3 Å². The van der Waals surface area contributed by atoms with E-state index in [0.717, 1.165) is 11.3 Å². The highest BCUT2D eigenvalue weighted by Crippen LogP contribution is 2.16. The number of para-hydroxylation sites is 1. The summed E-state index contributed by atoms with van der Waals surface area (Å²) in [5, 5.41) is 5.33. The number of nitrogens with one attached hydrogen (secondary N) is 2. The van der Waals surface area contributed by atoms with Gasteiger partial charge in [-0.2, -0.15) is 0 Å². The van der Waals surface area contributed by atoms with Gasteiger partial charge in [-0.15, -0.1) is 0 Å². The van der Waals surface area contributed by atoms with Gasteiger partial charge < -0.3 is 25.0 Å². The number of nitrogens with zero attached hydrogens (tertiary/aromatic N) is 1. The van der Waals surface area contributed by atoms with Crippen LogP contribution in [0.4, 0.5) is 5.69 Å². The van der Waals surface area contributed by atoms with Gasteiger partial charge in [0.2, 0.25) is 0 Å². The van der Waals surface area contributed by atoms with Crippen molar-refractivity contribution in [2.45, 2.75) is 13.0 Å². The molecular weight excluding hydrogens is 386 g/mol. The molecule has 8 heteroatoms. The lowest BCUT2D eigenvalue weighted by molar-refractivity contribution is -0.148. The zero-order chi connectivity index (χ0) is 21.9. The molecule has 0 atom stereocenters. The van der Waals surface area contributed by atoms with Gasteiger partial charge in [0.15, 0.2) is 6.61 Å². The van der Waals surface area contributed by atoms with Crippen LogP contribution in [0.3, 0.4) is 0 Å². The Morgan fingerprint density at radius 1 is 0.967 bits per heavy atom. The maximum atomic E-state index is 12.1. The standard InChI is InChI=1S/C22H27N3O5/c1-25(2)17-10-8-16(9-11-17)14-24-20(26)15-30-21(27)12-13-23-22(28)18-6-4-5-7-19(18)29-3/h4-11H,12-15H2,1-3H3,(H,23,28)(H,24,26). The molecule has 2 N–H and O–H groups in total. The second-order valence-corrected chi connectivity index (χ2v) is 6.70. The monoisotopic (exact) mass is 413 g/mol. The molecule has 2 rings (SSSR count). The number of rotatable bonds is 10. The fraction of sp³-hybridized carbons (Fsp3) is 0.318. The van der Waals surface area contributed by atoms with Crippen molar-refractivity contribution in [3.05, 3.63) is 59.7 Å². The van der Waals surface area contributed by atoms with E-state index in [9.17, 15) is 14.4 Å². The summed E-state index contributed by atoms with van der Waals surface area (Å²) < 4.78 is 10.1. The minimum Gasteiger partial charge on any atom is -0.496 e. The largest absolute Gasteiger partial charge is 0.496 e. The Bertz CT molecular complexity index is 865. The third-order valence-corrected chi connectivity index (χ3v) is 4.27. The molecule has 2 amide bonds. The molecule has 0 aromatic heterocycles. The average molecular weight is 413 g/mol. The first-order chi connectivity index (χ1) is 14.4. The maximum absolute atomic E-state index is 12.1.